The molecule has 3 nitrogen and oxygen atoms in total. The predicted molar refractivity (Wildman–Crippen MR) is 64.7 cm³/mol. The highest BCUT2D eigenvalue weighted by Crippen LogP contribution is 2.22. The zero-order valence-electron chi connectivity index (χ0n) is 10.3. The highest BCUT2D eigenvalue weighted by Gasteiger charge is 2.19. The van der Waals surface area contributed by atoms with Gasteiger partial charge in [0.2, 0.25) is 0 Å². The van der Waals surface area contributed by atoms with Crippen LogP contribution in [0.5, 0.6) is 0 Å². The summed E-state index contributed by atoms with van der Waals surface area (Å²) in [6.07, 6.45) is 0. The summed E-state index contributed by atoms with van der Waals surface area (Å²) in [5, 5.41) is 3.16. The number of esters is 1. The van der Waals surface area contributed by atoms with Gasteiger partial charge in [0, 0.05) is 12.0 Å². The zero-order valence-corrected chi connectivity index (χ0v) is 10.3. The zero-order chi connectivity index (χ0) is 12.2. The van der Waals surface area contributed by atoms with E-state index in [1.807, 2.05) is 19.2 Å². The maximum absolute atomic E-state index is 11.3. The molecule has 0 aliphatic heterocycles. The van der Waals surface area contributed by atoms with E-state index in [-0.39, 0.29) is 11.4 Å². The van der Waals surface area contributed by atoms with Crippen molar-refractivity contribution >= 4 is 5.97 Å². The second kappa shape index (κ2) is 5.12. The maximum atomic E-state index is 11.3. The van der Waals surface area contributed by atoms with Crippen molar-refractivity contribution in [2.45, 2.75) is 19.3 Å². The molecule has 0 aromatic heterocycles. The average molecular weight is 221 g/mol. The van der Waals surface area contributed by atoms with Gasteiger partial charge in [-0.3, -0.25) is 0 Å². The Morgan fingerprint density at radius 3 is 2.31 bits per heavy atom. The molecule has 0 atom stereocenters. The molecule has 3 heteroatoms. The van der Waals surface area contributed by atoms with E-state index in [4.69, 9.17) is 0 Å². The molecule has 0 bridgehead atoms. The van der Waals surface area contributed by atoms with Crippen LogP contribution in [0.15, 0.2) is 24.3 Å². The molecule has 0 fully saturated rings. The third-order valence-electron chi connectivity index (χ3n) is 2.71. The monoisotopic (exact) mass is 221 g/mol. The van der Waals surface area contributed by atoms with E-state index in [9.17, 15) is 4.79 Å². The van der Waals surface area contributed by atoms with Crippen molar-refractivity contribution < 1.29 is 9.53 Å². The first-order chi connectivity index (χ1) is 7.51. The van der Waals surface area contributed by atoms with Crippen LogP contribution in [0, 0.1) is 0 Å². The van der Waals surface area contributed by atoms with Gasteiger partial charge in [-0.1, -0.05) is 26.0 Å². The Bertz CT molecular complexity index is 355. The van der Waals surface area contributed by atoms with Crippen molar-refractivity contribution in [3.8, 4) is 0 Å². The molecular weight excluding hydrogens is 202 g/mol. The van der Waals surface area contributed by atoms with E-state index in [0.29, 0.717) is 5.56 Å². The summed E-state index contributed by atoms with van der Waals surface area (Å²) in [7, 11) is 3.33. The standard InChI is InChI=1S/C13H19NO2/c1-13(2,9-14-3)11-7-5-10(6-8-11)12(15)16-4/h5-8,14H,9H2,1-4H3. The van der Waals surface area contributed by atoms with Gasteiger partial charge in [0.25, 0.3) is 0 Å². The van der Waals surface area contributed by atoms with Gasteiger partial charge in [-0.15, -0.1) is 0 Å². The molecule has 0 amide bonds. The van der Waals surface area contributed by atoms with Crippen LogP contribution < -0.4 is 5.32 Å². The van der Waals surface area contributed by atoms with Gasteiger partial charge in [0.05, 0.1) is 12.7 Å². The Kier molecular flexibility index (Phi) is 4.07. The van der Waals surface area contributed by atoms with Gasteiger partial charge in [-0.2, -0.15) is 0 Å². The fraction of sp³-hybridized carbons (Fsp3) is 0.462. The second-order valence-corrected chi connectivity index (χ2v) is 4.48. The van der Waals surface area contributed by atoms with E-state index in [0.717, 1.165) is 6.54 Å². The largest absolute Gasteiger partial charge is 0.465 e. The highest BCUT2D eigenvalue weighted by atomic mass is 16.5. The lowest BCUT2D eigenvalue weighted by atomic mass is 9.84. The molecule has 1 aromatic carbocycles. The Balaban J connectivity index is 2.90. The van der Waals surface area contributed by atoms with E-state index < -0.39 is 0 Å². The fourth-order valence-corrected chi connectivity index (χ4v) is 1.72. The Hall–Kier alpha value is -1.35. The molecular formula is C13H19NO2. The fourth-order valence-electron chi connectivity index (χ4n) is 1.72. The number of likely N-dealkylation sites (N-methyl/N-ethyl adjacent to an activating group) is 1. The predicted octanol–water partition coefficient (Wildman–Crippen LogP) is 1.97. The Labute approximate surface area is 96.8 Å². The molecule has 16 heavy (non-hydrogen) atoms. The van der Waals surface area contributed by atoms with Crippen molar-refractivity contribution in [3.63, 3.8) is 0 Å². The van der Waals surface area contributed by atoms with Crippen LogP contribution in [-0.2, 0) is 10.2 Å². The third-order valence-corrected chi connectivity index (χ3v) is 2.71. The molecule has 0 aliphatic carbocycles. The SMILES string of the molecule is CNCC(C)(C)c1ccc(C(=O)OC)cc1. The first-order valence-electron chi connectivity index (χ1n) is 5.34. The molecule has 0 spiro atoms. The summed E-state index contributed by atoms with van der Waals surface area (Å²) in [6.45, 7) is 5.22. The number of ether oxygens (including phenoxy) is 1. The molecule has 88 valence electrons. The summed E-state index contributed by atoms with van der Waals surface area (Å²) in [5.41, 5.74) is 1.85. The van der Waals surface area contributed by atoms with E-state index in [1.54, 1.807) is 12.1 Å². The molecule has 1 aromatic rings. The minimum atomic E-state index is -0.294. The highest BCUT2D eigenvalue weighted by molar-refractivity contribution is 5.89. The van der Waals surface area contributed by atoms with Crippen LogP contribution in [0.25, 0.3) is 0 Å². The normalized spacial score (nSPS) is 11.2. The number of hydrogen-bond donors (Lipinski definition) is 1. The van der Waals surface area contributed by atoms with Gasteiger partial charge >= 0.3 is 5.97 Å². The van der Waals surface area contributed by atoms with Crippen molar-refractivity contribution in [3.05, 3.63) is 35.4 Å². The number of rotatable bonds is 4. The van der Waals surface area contributed by atoms with Crippen LogP contribution >= 0.6 is 0 Å². The number of carbonyl (C=O) groups excluding carboxylic acids is 1. The van der Waals surface area contributed by atoms with Gasteiger partial charge in [-0.25, -0.2) is 4.79 Å². The van der Waals surface area contributed by atoms with Crippen molar-refractivity contribution in [2.75, 3.05) is 20.7 Å². The quantitative estimate of drug-likeness (QED) is 0.790. The van der Waals surface area contributed by atoms with Crippen LogP contribution in [0.1, 0.15) is 29.8 Å². The first kappa shape index (κ1) is 12.7. The van der Waals surface area contributed by atoms with E-state index in [1.165, 1.54) is 12.7 Å². The molecule has 0 aliphatic rings. The number of benzene rings is 1. The van der Waals surface area contributed by atoms with Gasteiger partial charge in [0.15, 0.2) is 0 Å². The lowest BCUT2D eigenvalue weighted by molar-refractivity contribution is 0.0600. The summed E-state index contributed by atoms with van der Waals surface area (Å²) in [5.74, 6) is -0.294. The average Bonchev–Trinajstić information content (AvgIpc) is 2.28. The minimum Gasteiger partial charge on any atom is -0.465 e. The summed E-state index contributed by atoms with van der Waals surface area (Å²) in [4.78, 5) is 11.3. The van der Waals surface area contributed by atoms with Crippen LogP contribution in [0.3, 0.4) is 0 Å². The van der Waals surface area contributed by atoms with E-state index in [2.05, 4.69) is 23.9 Å². The third kappa shape index (κ3) is 2.83. The Morgan fingerprint density at radius 2 is 1.88 bits per heavy atom. The Morgan fingerprint density at radius 1 is 1.31 bits per heavy atom. The summed E-state index contributed by atoms with van der Waals surface area (Å²) < 4.78 is 4.66. The van der Waals surface area contributed by atoms with Gasteiger partial charge < -0.3 is 10.1 Å². The second-order valence-electron chi connectivity index (χ2n) is 4.48. The van der Waals surface area contributed by atoms with Gasteiger partial charge in [-0.05, 0) is 24.7 Å². The number of nitrogens with one attached hydrogen (secondary N) is 1. The lowest BCUT2D eigenvalue weighted by Crippen LogP contribution is -2.30. The molecule has 1 N–H and O–H groups in total. The number of hydrogen-bond acceptors (Lipinski definition) is 3. The topological polar surface area (TPSA) is 38.3 Å². The summed E-state index contributed by atoms with van der Waals surface area (Å²) >= 11 is 0. The number of methoxy groups -OCH3 is 1. The smallest absolute Gasteiger partial charge is 0.337 e. The molecule has 0 radical (unpaired) electrons. The van der Waals surface area contributed by atoms with Crippen LogP contribution in [0.4, 0.5) is 0 Å². The summed E-state index contributed by atoms with van der Waals surface area (Å²) in [6, 6.07) is 7.56. The lowest BCUT2D eigenvalue weighted by Gasteiger charge is -2.24. The first-order valence-corrected chi connectivity index (χ1v) is 5.34. The van der Waals surface area contributed by atoms with E-state index >= 15 is 0 Å². The number of carbonyl (C=O) groups is 1. The van der Waals surface area contributed by atoms with Crippen LogP contribution in [-0.4, -0.2) is 26.7 Å². The van der Waals surface area contributed by atoms with Crippen LogP contribution in [0.2, 0.25) is 0 Å². The van der Waals surface area contributed by atoms with Crippen molar-refractivity contribution in [1.82, 2.24) is 5.32 Å². The van der Waals surface area contributed by atoms with Crippen molar-refractivity contribution in [1.29, 1.82) is 0 Å². The van der Waals surface area contributed by atoms with Gasteiger partial charge in [0.1, 0.15) is 0 Å². The van der Waals surface area contributed by atoms with Crippen molar-refractivity contribution in [2.24, 2.45) is 0 Å². The minimum absolute atomic E-state index is 0.0589. The molecule has 0 saturated heterocycles. The molecule has 1 rings (SSSR count). The molecule has 0 saturated carbocycles. The molecule has 0 heterocycles. The maximum Gasteiger partial charge on any atom is 0.337 e. The molecule has 0 unspecified atom stereocenters.